The molecule has 1 aromatic rings. The summed E-state index contributed by atoms with van der Waals surface area (Å²) in [5.74, 6) is 0.487. The van der Waals surface area contributed by atoms with Crippen molar-refractivity contribution in [3.05, 3.63) is 34.9 Å². The largest absolute Gasteiger partial charge is 0.298 e. The second-order valence-electron chi connectivity index (χ2n) is 4.52. The second-order valence-corrected chi connectivity index (χ2v) is 4.95. The zero-order chi connectivity index (χ0) is 12.3. The lowest BCUT2D eigenvalue weighted by atomic mass is 9.89. The molecule has 0 amide bonds. The maximum absolute atomic E-state index is 12.2. The minimum atomic E-state index is -2.22. The molecule has 1 saturated heterocycles. The van der Waals surface area contributed by atoms with Gasteiger partial charge in [-0.2, -0.15) is 0 Å². The summed E-state index contributed by atoms with van der Waals surface area (Å²) >= 11 is 5.84. The average Bonchev–Trinajstić information content (AvgIpc) is 2.30. The van der Waals surface area contributed by atoms with E-state index in [1.165, 1.54) is 5.56 Å². The first-order valence-electron chi connectivity index (χ1n) is 5.91. The molecular formula is C13H16ClF2N. The van der Waals surface area contributed by atoms with Gasteiger partial charge in [0.15, 0.2) is 0 Å². The zero-order valence-corrected chi connectivity index (χ0v) is 10.3. The Kier molecular flexibility index (Phi) is 4.35. The number of benzene rings is 1. The van der Waals surface area contributed by atoms with Crippen LogP contribution in [0.2, 0.25) is 5.02 Å². The third-order valence-electron chi connectivity index (χ3n) is 3.33. The number of nitrogens with zero attached hydrogens (tertiary/aromatic N) is 1. The van der Waals surface area contributed by atoms with E-state index in [2.05, 4.69) is 0 Å². The monoisotopic (exact) mass is 259 g/mol. The Morgan fingerprint density at radius 1 is 1.18 bits per heavy atom. The van der Waals surface area contributed by atoms with E-state index in [0.29, 0.717) is 5.92 Å². The van der Waals surface area contributed by atoms with Crippen molar-refractivity contribution in [1.82, 2.24) is 4.90 Å². The number of halogens is 3. The molecule has 1 aliphatic rings. The van der Waals surface area contributed by atoms with Crippen LogP contribution in [-0.4, -0.2) is 31.0 Å². The summed E-state index contributed by atoms with van der Waals surface area (Å²) < 4.78 is 24.5. The maximum atomic E-state index is 12.2. The van der Waals surface area contributed by atoms with Gasteiger partial charge in [0, 0.05) is 5.02 Å². The van der Waals surface area contributed by atoms with E-state index in [-0.39, 0.29) is 6.54 Å². The molecule has 0 atom stereocenters. The van der Waals surface area contributed by atoms with Crippen LogP contribution in [-0.2, 0) is 0 Å². The lowest BCUT2D eigenvalue weighted by Crippen LogP contribution is -2.36. The minimum absolute atomic E-state index is 0.0899. The number of piperidine rings is 1. The van der Waals surface area contributed by atoms with Crippen LogP contribution < -0.4 is 0 Å². The van der Waals surface area contributed by atoms with Gasteiger partial charge in [0.1, 0.15) is 0 Å². The van der Waals surface area contributed by atoms with E-state index < -0.39 is 6.43 Å². The van der Waals surface area contributed by atoms with Crippen molar-refractivity contribution in [3.8, 4) is 0 Å². The summed E-state index contributed by atoms with van der Waals surface area (Å²) in [6.45, 7) is 1.43. The molecule has 0 aromatic heterocycles. The van der Waals surface area contributed by atoms with Crippen LogP contribution in [0.15, 0.2) is 24.3 Å². The van der Waals surface area contributed by atoms with Crippen molar-refractivity contribution in [3.63, 3.8) is 0 Å². The van der Waals surface area contributed by atoms with Gasteiger partial charge in [-0.1, -0.05) is 23.7 Å². The Bertz CT molecular complexity index is 345. The molecule has 1 aromatic carbocycles. The van der Waals surface area contributed by atoms with Crippen LogP contribution in [0.4, 0.5) is 8.78 Å². The lowest BCUT2D eigenvalue weighted by molar-refractivity contribution is 0.0754. The Balaban J connectivity index is 1.88. The highest BCUT2D eigenvalue weighted by molar-refractivity contribution is 6.30. The van der Waals surface area contributed by atoms with E-state index in [1.54, 1.807) is 0 Å². The average molecular weight is 260 g/mol. The third-order valence-corrected chi connectivity index (χ3v) is 3.58. The fourth-order valence-electron chi connectivity index (χ4n) is 2.38. The van der Waals surface area contributed by atoms with Crippen LogP contribution in [0.1, 0.15) is 24.3 Å². The van der Waals surface area contributed by atoms with Gasteiger partial charge in [0.2, 0.25) is 0 Å². The fourth-order valence-corrected chi connectivity index (χ4v) is 2.50. The molecule has 1 heterocycles. The molecule has 0 aliphatic carbocycles. The summed E-state index contributed by atoms with van der Waals surface area (Å²) in [4.78, 5) is 1.84. The SMILES string of the molecule is FC(F)CN1CCC(c2ccc(Cl)cc2)CC1. The van der Waals surface area contributed by atoms with Crippen molar-refractivity contribution >= 4 is 11.6 Å². The summed E-state index contributed by atoms with van der Waals surface area (Å²) in [6, 6.07) is 7.86. The van der Waals surface area contributed by atoms with Crippen molar-refractivity contribution in [2.24, 2.45) is 0 Å². The Morgan fingerprint density at radius 2 is 1.76 bits per heavy atom. The van der Waals surface area contributed by atoms with Gasteiger partial charge in [-0.05, 0) is 49.5 Å². The van der Waals surface area contributed by atoms with E-state index in [1.807, 2.05) is 29.2 Å². The lowest BCUT2D eigenvalue weighted by Gasteiger charge is -2.31. The zero-order valence-electron chi connectivity index (χ0n) is 9.58. The molecule has 1 aliphatic heterocycles. The first kappa shape index (κ1) is 12.8. The first-order valence-corrected chi connectivity index (χ1v) is 6.29. The van der Waals surface area contributed by atoms with Gasteiger partial charge in [-0.15, -0.1) is 0 Å². The molecule has 0 unspecified atom stereocenters. The van der Waals surface area contributed by atoms with Gasteiger partial charge >= 0.3 is 0 Å². The van der Waals surface area contributed by atoms with E-state index >= 15 is 0 Å². The molecule has 1 nitrogen and oxygen atoms in total. The quantitative estimate of drug-likeness (QED) is 0.798. The predicted octanol–water partition coefficient (Wildman–Crippen LogP) is 3.78. The number of alkyl halides is 2. The molecule has 2 rings (SSSR count). The van der Waals surface area contributed by atoms with E-state index in [4.69, 9.17) is 11.6 Å². The van der Waals surface area contributed by atoms with Gasteiger partial charge in [0.25, 0.3) is 6.43 Å². The highest BCUT2D eigenvalue weighted by atomic mass is 35.5. The molecule has 4 heteroatoms. The van der Waals surface area contributed by atoms with Crippen LogP contribution >= 0.6 is 11.6 Å². The molecule has 17 heavy (non-hydrogen) atoms. The fraction of sp³-hybridized carbons (Fsp3) is 0.538. The Hall–Kier alpha value is -0.670. The predicted molar refractivity (Wildman–Crippen MR) is 65.9 cm³/mol. The standard InChI is InChI=1S/C13H16ClF2N/c14-12-3-1-10(2-4-12)11-5-7-17(8-6-11)9-13(15)16/h1-4,11,13H,5-9H2. The smallest absolute Gasteiger partial charge is 0.251 e. The number of hydrogen-bond acceptors (Lipinski definition) is 1. The van der Waals surface area contributed by atoms with Crippen LogP contribution in [0.3, 0.4) is 0 Å². The molecule has 0 radical (unpaired) electrons. The topological polar surface area (TPSA) is 3.24 Å². The molecule has 0 spiro atoms. The summed E-state index contributed by atoms with van der Waals surface area (Å²) in [5.41, 5.74) is 1.27. The normalized spacial score (nSPS) is 18.8. The van der Waals surface area contributed by atoms with E-state index in [0.717, 1.165) is 31.0 Å². The van der Waals surface area contributed by atoms with Gasteiger partial charge in [-0.25, -0.2) is 8.78 Å². The number of likely N-dealkylation sites (tertiary alicyclic amines) is 1. The van der Waals surface area contributed by atoms with Crippen molar-refractivity contribution in [2.75, 3.05) is 19.6 Å². The van der Waals surface area contributed by atoms with Gasteiger partial charge in [0.05, 0.1) is 6.54 Å². The Labute approximate surface area is 105 Å². The van der Waals surface area contributed by atoms with Crippen LogP contribution in [0, 0.1) is 0 Å². The van der Waals surface area contributed by atoms with Gasteiger partial charge < -0.3 is 0 Å². The summed E-state index contributed by atoms with van der Waals surface area (Å²) in [5, 5.41) is 0.740. The Morgan fingerprint density at radius 3 is 2.29 bits per heavy atom. The van der Waals surface area contributed by atoms with Crippen molar-refractivity contribution in [2.45, 2.75) is 25.2 Å². The summed E-state index contributed by atoms with van der Waals surface area (Å²) in [6.07, 6.45) is -0.315. The number of rotatable bonds is 3. The highest BCUT2D eigenvalue weighted by Gasteiger charge is 2.22. The molecule has 0 N–H and O–H groups in total. The molecule has 94 valence electrons. The van der Waals surface area contributed by atoms with Crippen molar-refractivity contribution in [1.29, 1.82) is 0 Å². The molecule has 1 fully saturated rings. The van der Waals surface area contributed by atoms with E-state index in [9.17, 15) is 8.78 Å². The molecular weight excluding hydrogens is 244 g/mol. The second kappa shape index (κ2) is 5.78. The summed E-state index contributed by atoms with van der Waals surface area (Å²) in [7, 11) is 0. The van der Waals surface area contributed by atoms with Gasteiger partial charge in [-0.3, -0.25) is 4.90 Å². The molecule has 0 saturated carbocycles. The first-order chi connectivity index (χ1) is 8.15. The van der Waals surface area contributed by atoms with Crippen molar-refractivity contribution < 1.29 is 8.78 Å². The number of hydrogen-bond donors (Lipinski definition) is 0. The maximum Gasteiger partial charge on any atom is 0.251 e. The highest BCUT2D eigenvalue weighted by Crippen LogP contribution is 2.28. The molecule has 0 bridgehead atoms. The van der Waals surface area contributed by atoms with Crippen LogP contribution in [0.5, 0.6) is 0 Å². The third kappa shape index (κ3) is 3.65. The minimum Gasteiger partial charge on any atom is -0.298 e. The van der Waals surface area contributed by atoms with Crippen LogP contribution in [0.25, 0.3) is 0 Å².